The fourth-order valence-electron chi connectivity index (χ4n) is 2.54. The van der Waals surface area contributed by atoms with Crippen molar-refractivity contribution >= 4 is 11.6 Å². The summed E-state index contributed by atoms with van der Waals surface area (Å²) in [6.07, 6.45) is 10.3. The number of carbonyl (C=O) groups is 1. The van der Waals surface area contributed by atoms with Gasteiger partial charge in [-0.15, -0.1) is 0 Å². The third-order valence-electron chi connectivity index (χ3n) is 3.93. The summed E-state index contributed by atoms with van der Waals surface area (Å²) < 4.78 is 0. The Kier molecular flexibility index (Phi) is 4.44. The van der Waals surface area contributed by atoms with Crippen LogP contribution in [0.5, 0.6) is 0 Å². The van der Waals surface area contributed by atoms with E-state index in [1.54, 1.807) is 18.5 Å². The van der Waals surface area contributed by atoms with Gasteiger partial charge in [0.15, 0.2) is 0 Å². The molecule has 0 aliphatic carbocycles. The lowest BCUT2D eigenvalue weighted by atomic mass is 10.1. The van der Waals surface area contributed by atoms with Gasteiger partial charge in [-0.3, -0.25) is 14.8 Å². The van der Waals surface area contributed by atoms with Crippen molar-refractivity contribution in [3.05, 3.63) is 54.0 Å². The number of allylic oxidation sites excluding steroid dienone is 3. The maximum Gasteiger partial charge on any atom is 0.254 e. The normalized spacial score (nSPS) is 19.0. The van der Waals surface area contributed by atoms with Gasteiger partial charge in [0.25, 0.3) is 5.91 Å². The lowest BCUT2D eigenvalue weighted by Gasteiger charge is -2.32. The number of likely N-dealkylation sites (N-methyl/N-ethyl adjacent to an activating group) is 1. The summed E-state index contributed by atoms with van der Waals surface area (Å²) in [7, 11) is 2.08. The zero-order chi connectivity index (χ0) is 15.4. The molecule has 1 aromatic rings. The molecule has 1 aromatic heterocycles. The van der Waals surface area contributed by atoms with Crippen LogP contribution in [-0.2, 0) is 0 Å². The fourth-order valence-corrected chi connectivity index (χ4v) is 2.54. The quantitative estimate of drug-likeness (QED) is 0.835. The predicted octanol–water partition coefficient (Wildman–Crippen LogP) is 1.73. The van der Waals surface area contributed by atoms with E-state index in [0.717, 1.165) is 44.0 Å². The number of carbonyl (C=O) groups excluding carboxylic acids is 1. The molecule has 2 aliphatic rings. The van der Waals surface area contributed by atoms with E-state index in [4.69, 9.17) is 0 Å². The molecular weight excluding hydrogens is 276 g/mol. The summed E-state index contributed by atoms with van der Waals surface area (Å²) in [4.78, 5) is 25.5. The van der Waals surface area contributed by atoms with Crippen molar-refractivity contribution in [2.75, 3.05) is 33.2 Å². The first-order valence-electron chi connectivity index (χ1n) is 7.57. The van der Waals surface area contributed by atoms with Gasteiger partial charge in [-0.2, -0.15) is 0 Å². The highest BCUT2D eigenvalue weighted by atomic mass is 16.2. The molecule has 114 valence electrons. The summed E-state index contributed by atoms with van der Waals surface area (Å²) in [6, 6.07) is 3.62. The Labute approximate surface area is 130 Å². The van der Waals surface area contributed by atoms with Crippen molar-refractivity contribution in [2.24, 2.45) is 4.99 Å². The highest BCUT2D eigenvalue weighted by Gasteiger charge is 2.20. The first kappa shape index (κ1) is 14.7. The number of piperazine rings is 1. The van der Waals surface area contributed by atoms with Crippen LogP contribution in [0, 0.1) is 0 Å². The van der Waals surface area contributed by atoms with Crippen LogP contribution in [0.3, 0.4) is 0 Å². The molecule has 3 rings (SSSR count). The summed E-state index contributed by atoms with van der Waals surface area (Å²) in [5, 5.41) is 0. The van der Waals surface area contributed by atoms with E-state index in [1.165, 1.54) is 0 Å². The number of rotatable bonds is 2. The topological polar surface area (TPSA) is 48.8 Å². The zero-order valence-corrected chi connectivity index (χ0v) is 12.8. The third kappa shape index (κ3) is 3.31. The fraction of sp³-hybridized carbons (Fsp3) is 0.353. The number of nitrogens with zero attached hydrogens (tertiary/aromatic N) is 4. The van der Waals surface area contributed by atoms with Gasteiger partial charge in [0.05, 0.1) is 11.4 Å². The number of hydrogen-bond acceptors (Lipinski definition) is 4. The number of aromatic nitrogens is 1. The first-order chi connectivity index (χ1) is 10.7. The van der Waals surface area contributed by atoms with Crippen LogP contribution in [0.1, 0.15) is 22.5 Å². The molecule has 1 amide bonds. The van der Waals surface area contributed by atoms with Gasteiger partial charge >= 0.3 is 0 Å². The smallest absolute Gasteiger partial charge is 0.254 e. The Morgan fingerprint density at radius 1 is 1.18 bits per heavy atom. The monoisotopic (exact) mass is 296 g/mol. The SMILES string of the molecule is CN1CCN(C(=O)c2ccnc(C3=NC=CCC=C3)c2)CC1. The molecule has 5 heteroatoms. The van der Waals surface area contributed by atoms with E-state index in [1.807, 2.05) is 29.2 Å². The van der Waals surface area contributed by atoms with Gasteiger partial charge < -0.3 is 9.80 Å². The molecule has 0 unspecified atom stereocenters. The van der Waals surface area contributed by atoms with E-state index in [9.17, 15) is 4.79 Å². The second-order valence-corrected chi connectivity index (χ2v) is 5.56. The molecule has 22 heavy (non-hydrogen) atoms. The molecule has 0 spiro atoms. The minimum atomic E-state index is 0.0745. The van der Waals surface area contributed by atoms with E-state index >= 15 is 0 Å². The van der Waals surface area contributed by atoms with Gasteiger partial charge in [0.1, 0.15) is 0 Å². The summed E-state index contributed by atoms with van der Waals surface area (Å²) in [5.74, 6) is 0.0745. The van der Waals surface area contributed by atoms with Crippen molar-refractivity contribution in [3.63, 3.8) is 0 Å². The average Bonchev–Trinajstić information content (AvgIpc) is 2.84. The lowest BCUT2D eigenvalue weighted by molar-refractivity contribution is 0.0664. The minimum Gasteiger partial charge on any atom is -0.336 e. The number of pyridine rings is 1. The molecular formula is C17H20N4O. The highest BCUT2D eigenvalue weighted by Crippen LogP contribution is 2.11. The molecule has 0 aromatic carbocycles. The molecule has 3 heterocycles. The Morgan fingerprint density at radius 2 is 2.00 bits per heavy atom. The molecule has 5 nitrogen and oxygen atoms in total. The van der Waals surface area contributed by atoms with Crippen molar-refractivity contribution in [1.82, 2.24) is 14.8 Å². The minimum absolute atomic E-state index is 0.0745. The Hall–Kier alpha value is -2.27. The number of hydrogen-bond donors (Lipinski definition) is 0. The van der Waals surface area contributed by atoms with E-state index < -0.39 is 0 Å². The van der Waals surface area contributed by atoms with Crippen LogP contribution in [-0.4, -0.2) is 59.6 Å². The Bertz CT molecular complexity index is 640. The molecule has 0 N–H and O–H groups in total. The Balaban J connectivity index is 1.80. The summed E-state index contributed by atoms with van der Waals surface area (Å²) in [6.45, 7) is 3.39. The molecule has 0 saturated carbocycles. The van der Waals surface area contributed by atoms with Gasteiger partial charge in [-0.1, -0.05) is 12.2 Å². The summed E-state index contributed by atoms with van der Waals surface area (Å²) >= 11 is 0. The lowest BCUT2D eigenvalue weighted by Crippen LogP contribution is -2.47. The second-order valence-electron chi connectivity index (χ2n) is 5.56. The molecule has 0 radical (unpaired) electrons. The predicted molar refractivity (Wildman–Crippen MR) is 87.1 cm³/mol. The van der Waals surface area contributed by atoms with Gasteiger partial charge in [0, 0.05) is 44.1 Å². The largest absolute Gasteiger partial charge is 0.336 e. The van der Waals surface area contributed by atoms with Gasteiger partial charge in [0.2, 0.25) is 0 Å². The Morgan fingerprint density at radius 3 is 2.82 bits per heavy atom. The van der Waals surface area contributed by atoms with E-state index in [-0.39, 0.29) is 5.91 Å². The summed E-state index contributed by atoms with van der Waals surface area (Å²) in [5.41, 5.74) is 2.21. The van der Waals surface area contributed by atoms with Crippen LogP contribution < -0.4 is 0 Å². The number of aliphatic imine (C=N–C) groups is 1. The molecule has 0 atom stereocenters. The molecule has 0 bridgehead atoms. The highest BCUT2D eigenvalue weighted by molar-refractivity contribution is 6.09. The van der Waals surface area contributed by atoms with Gasteiger partial charge in [-0.25, -0.2) is 0 Å². The second kappa shape index (κ2) is 6.66. The molecule has 1 fully saturated rings. The van der Waals surface area contributed by atoms with Crippen molar-refractivity contribution < 1.29 is 4.79 Å². The molecule has 2 aliphatic heterocycles. The zero-order valence-electron chi connectivity index (χ0n) is 12.8. The van der Waals surface area contributed by atoms with Crippen LogP contribution in [0.15, 0.2) is 47.7 Å². The average molecular weight is 296 g/mol. The van der Waals surface area contributed by atoms with Crippen LogP contribution in [0.4, 0.5) is 0 Å². The standard InChI is InChI=1S/C17H20N4O/c1-20-9-11-21(12-10-20)17(22)14-6-8-19-16(13-14)15-5-3-2-4-7-18-15/h3-8,13H,2,9-12H2,1H3. The maximum atomic E-state index is 12.6. The van der Waals surface area contributed by atoms with E-state index in [0.29, 0.717) is 5.56 Å². The first-order valence-corrected chi connectivity index (χ1v) is 7.57. The third-order valence-corrected chi connectivity index (χ3v) is 3.93. The molecule has 1 saturated heterocycles. The van der Waals surface area contributed by atoms with Crippen molar-refractivity contribution in [2.45, 2.75) is 6.42 Å². The van der Waals surface area contributed by atoms with Crippen molar-refractivity contribution in [1.29, 1.82) is 0 Å². The maximum absolute atomic E-state index is 12.6. The van der Waals surface area contributed by atoms with E-state index in [2.05, 4.69) is 21.9 Å². The van der Waals surface area contributed by atoms with Crippen molar-refractivity contribution in [3.8, 4) is 0 Å². The van der Waals surface area contributed by atoms with Crippen LogP contribution >= 0.6 is 0 Å². The van der Waals surface area contributed by atoms with Crippen LogP contribution in [0.2, 0.25) is 0 Å². The number of amides is 1. The van der Waals surface area contributed by atoms with Gasteiger partial charge in [-0.05, 0) is 31.7 Å². The van der Waals surface area contributed by atoms with Crippen LogP contribution in [0.25, 0.3) is 0 Å².